The summed E-state index contributed by atoms with van der Waals surface area (Å²) >= 11 is 0. The number of rotatable bonds is 12. The SMILES string of the molecule is COCC(CO)NC(=O)CCCCO[C@@H]1OC(CO)[C@H](O)[C@H](O)C1NC(C)=O. The summed E-state index contributed by atoms with van der Waals surface area (Å²) in [4.78, 5) is 23.1. The van der Waals surface area contributed by atoms with Gasteiger partial charge in [-0.2, -0.15) is 0 Å². The number of unbranched alkanes of at least 4 members (excludes halogenated alkanes) is 1. The number of nitrogens with one attached hydrogen (secondary N) is 2. The second-order valence-electron chi connectivity index (χ2n) is 6.66. The van der Waals surface area contributed by atoms with E-state index < -0.39 is 49.2 Å². The Hall–Kier alpha value is -1.34. The number of carbonyl (C=O) groups is 2. The molecule has 6 atom stereocenters. The third-order valence-corrected chi connectivity index (χ3v) is 4.28. The summed E-state index contributed by atoms with van der Waals surface area (Å²) in [5.74, 6) is -0.651. The zero-order valence-electron chi connectivity index (χ0n) is 16.2. The van der Waals surface area contributed by atoms with Gasteiger partial charge in [0.25, 0.3) is 0 Å². The first-order chi connectivity index (χ1) is 13.3. The van der Waals surface area contributed by atoms with Crippen LogP contribution < -0.4 is 10.6 Å². The molecule has 1 saturated heterocycles. The van der Waals surface area contributed by atoms with Gasteiger partial charge in [-0.1, -0.05) is 0 Å². The van der Waals surface area contributed by atoms with Crippen LogP contribution in [0.3, 0.4) is 0 Å². The van der Waals surface area contributed by atoms with Gasteiger partial charge < -0.3 is 45.3 Å². The molecule has 28 heavy (non-hydrogen) atoms. The molecule has 1 heterocycles. The highest BCUT2D eigenvalue weighted by molar-refractivity contribution is 5.76. The molecule has 0 bridgehead atoms. The van der Waals surface area contributed by atoms with Crippen molar-refractivity contribution in [1.29, 1.82) is 0 Å². The molecule has 11 heteroatoms. The molecule has 164 valence electrons. The van der Waals surface area contributed by atoms with Gasteiger partial charge in [0.05, 0.1) is 25.9 Å². The Kier molecular flexibility index (Phi) is 11.5. The fourth-order valence-corrected chi connectivity index (χ4v) is 2.84. The molecule has 2 amide bonds. The third-order valence-electron chi connectivity index (χ3n) is 4.28. The molecule has 3 unspecified atom stereocenters. The molecule has 0 radical (unpaired) electrons. The third kappa shape index (κ3) is 7.95. The minimum Gasteiger partial charge on any atom is -0.394 e. The maximum Gasteiger partial charge on any atom is 0.220 e. The smallest absolute Gasteiger partial charge is 0.220 e. The van der Waals surface area contributed by atoms with E-state index in [1.807, 2.05) is 0 Å². The van der Waals surface area contributed by atoms with Crippen LogP contribution in [-0.4, -0.2) is 102 Å². The van der Waals surface area contributed by atoms with Gasteiger partial charge in [0.15, 0.2) is 6.29 Å². The summed E-state index contributed by atoms with van der Waals surface area (Å²) in [7, 11) is 1.48. The first-order valence-electron chi connectivity index (χ1n) is 9.24. The number of carbonyl (C=O) groups excluding carboxylic acids is 2. The van der Waals surface area contributed by atoms with Gasteiger partial charge in [0, 0.05) is 27.1 Å². The Balaban J connectivity index is 2.42. The summed E-state index contributed by atoms with van der Waals surface area (Å²) in [6, 6.07) is -1.44. The Bertz CT molecular complexity index is 480. The predicted molar refractivity (Wildman–Crippen MR) is 96.1 cm³/mol. The highest BCUT2D eigenvalue weighted by atomic mass is 16.7. The van der Waals surface area contributed by atoms with E-state index in [2.05, 4.69) is 10.6 Å². The minimum absolute atomic E-state index is 0.177. The number of amides is 2. The number of hydrogen-bond acceptors (Lipinski definition) is 9. The van der Waals surface area contributed by atoms with Crippen LogP contribution in [-0.2, 0) is 23.8 Å². The quantitative estimate of drug-likeness (QED) is 0.187. The monoisotopic (exact) mass is 408 g/mol. The van der Waals surface area contributed by atoms with Crippen molar-refractivity contribution in [3.05, 3.63) is 0 Å². The van der Waals surface area contributed by atoms with E-state index in [0.29, 0.717) is 12.8 Å². The molecule has 0 aromatic carbocycles. The first-order valence-corrected chi connectivity index (χ1v) is 9.24. The summed E-state index contributed by atoms with van der Waals surface area (Å²) in [6.45, 7) is 0.923. The molecule has 1 aliphatic heterocycles. The van der Waals surface area contributed by atoms with Crippen LogP contribution in [0.25, 0.3) is 0 Å². The van der Waals surface area contributed by atoms with Crippen LogP contribution in [0.5, 0.6) is 0 Å². The summed E-state index contributed by atoms with van der Waals surface area (Å²) < 4.78 is 15.9. The lowest BCUT2D eigenvalue weighted by Gasteiger charge is -2.42. The van der Waals surface area contributed by atoms with Gasteiger partial charge in [-0.25, -0.2) is 0 Å². The normalized spacial score (nSPS) is 28.6. The van der Waals surface area contributed by atoms with Crippen molar-refractivity contribution in [3.63, 3.8) is 0 Å². The van der Waals surface area contributed by atoms with Crippen LogP contribution in [0.15, 0.2) is 0 Å². The van der Waals surface area contributed by atoms with Gasteiger partial charge in [-0.05, 0) is 12.8 Å². The van der Waals surface area contributed by atoms with Crippen molar-refractivity contribution in [2.24, 2.45) is 0 Å². The lowest BCUT2D eigenvalue weighted by atomic mass is 9.97. The van der Waals surface area contributed by atoms with E-state index in [1.54, 1.807) is 0 Å². The number of aliphatic hydroxyl groups excluding tert-OH is 4. The van der Waals surface area contributed by atoms with Gasteiger partial charge >= 0.3 is 0 Å². The molecular weight excluding hydrogens is 376 g/mol. The van der Waals surface area contributed by atoms with Crippen LogP contribution in [0, 0.1) is 0 Å². The number of methoxy groups -OCH3 is 1. The fourth-order valence-electron chi connectivity index (χ4n) is 2.84. The minimum atomic E-state index is -1.36. The van der Waals surface area contributed by atoms with Crippen molar-refractivity contribution < 1.29 is 44.2 Å². The average molecular weight is 408 g/mol. The first kappa shape index (κ1) is 24.7. The zero-order chi connectivity index (χ0) is 21.1. The van der Waals surface area contributed by atoms with Gasteiger partial charge in [0.2, 0.25) is 11.8 Å². The second-order valence-corrected chi connectivity index (χ2v) is 6.66. The molecule has 1 aliphatic rings. The lowest BCUT2D eigenvalue weighted by Crippen LogP contribution is -2.64. The Labute approximate surface area is 164 Å². The van der Waals surface area contributed by atoms with Crippen LogP contribution in [0.4, 0.5) is 0 Å². The standard InChI is InChI=1S/C17H32N2O9/c1-10(22)18-14-16(25)15(24)12(8-21)28-17(14)27-6-4-3-5-13(23)19-11(7-20)9-26-2/h11-12,14-17,20-21,24-25H,3-9H2,1-2H3,(H,18,22)(H,19,23)/t11?,12?,14?,15-,16+,17+/m0/s1. The van der Waals surface area contributed by atoms with Gasteiger partial charge in [0.1, 0.15) is 24.4 Å². The molecule has 11 nitrogen and oxygen atoms in total. The molecule has 0 saturated carbocycles. The van der Waals surface area contributed by atoms with Crippen LogP contribution in [0.1, 0.15) is 26.2 Å². The topological polar surface area (TPSA) is 167 Å². The van der Waals surface area contributed by atoms with E-state index in [1.165, 1.54) is 14.0 Å². The fraction of sp³-hybridized carbons (Fsp3) is 0.882. The molecule has 1 fully saturated rings. The number of aliphatic hydroxyl groups is 4. The largest absolute Gasteiger partial charge is 0.394 e. The van der Waals surface area contributed by atoms with Gasteiger partial charge in [-0.15, -0.1) is 0 Å². The Morgan fingerprint density at radius 3 is 2.46 bits per heavy atom. The maximum absolute atomic E-state index is 11.8. The predicted octanol–water partition coefficient (Wildman–Crippen LogP) is -2.76. The summed E-state index contributed by atoms with van der Waals surface area (Å²) in [5.41, 5.74) is 0. The average Bonchev–Trinajstić information content (AvgIpc) is 2.66. The summed E-state index contributed by atoms with van der Waals surface area (Å²) in [6.07, 6.45) is -3.58. The van der Waals surface area contributed by atoms with Crippen LogP contribution in [0.2, 0.25) is 0 Å². The Morgan fingerprint density at radius 1 is 1.18 bits per heavy atom. The molecule has 0 aromatic heterocycles. The second kappa shape index (κ2) is 13.0. The molecule has 6 N–H and O–H groups in total. The zero-order valence-corrected chi connectivity index (χ0v) is 16.2. The van der Waals surface area contributed by atoms with Gasteiger partial charge in [-0.3, -0.25) is 9.59 Å². The highest BCUT2D eigenvalue weighted by Gasteiger charge is 2.45. The van der Waals surface area contributed by atoms with Crippen molar-refractivity contribution >= 4 is 11.8 Å². The summed E-state index contributed by atoms with van der Waals surface area (Å²) in [5, 5.41) is 43.6. The molecular formula is C17H32N2O9. The maximum atomic E-state index is 11.8. The Morgan fingerprint density at radius 2 is 1.89 bits per heavy atom. The molecule has 0 aliphatic carbocycles. The molecule has 1 rings (SSSR count). The van der Waals surface area contributed by atoms with E-state index >= 15 is 0 Å². The van der Waals surface area contributed by atoms with E-state index in [9.17, 15) is 24.9 Å². The highest BCUT2D eigenvalue weighted by Crippen LogP contribution is 2.22. The van der Waals surface area contributed by atoms with Crippen molar-refractivity contribution in [2.75, 3.05) is 33.5 Å². The van der Waals surface area contributed by atoms with Crippen molar-refractivity contribution in [2.45, 2.75) is 62.9 Å². The van der Waals surface area contributed by atoms with E-state index in [0.717, 1.165) is 0 Å². The van der Waals surface area contributed by atoms with Crippen molar-refractivity contribution in [3.8, 4) is 0 Å². The van der Waals surface area contributed by atoms with E-state index in [4.69, 9.17) is 19.3 Å². The number of hydrogen-bond donors (Lipinski definition) is 6. The van der Waals surface area contributed by atoms with Crippen molar-refractivity contribution in [1.82, 2.24) is 10.6 Å². The van der Waals surface area contributed by atoms with Crippen LogP contribution >= 0.6 is 0 Å². The number of ether oxygens (including phenoxy) is 3. The molecule has 0 aromatic rings. The molecule has 0 spiro atoms. The van der Waals surface area contributed by atoms with E-state index in [-0.39, 0.29) is 32.1 Å². The lowest BCUT2D eigenvalue weighted by molar-refractivity contribution is -0.270.